The predicted molar refractivity (Wildman–Crippen MR) is 115 cm³/mol. The molecule has 26 heavy (non-hydrogen) atoms. The van der Waals surface area contributed by atoms with Crippen molar-refractivity contribution in [1.29, 1.82) is 0 Å². The summed E-state index contributed by atoms with van der Waals surface area (Å²) in [6.07, 6.45) is 1.72. The first-order valence-corrected chi connectivity index (χ1v) is 8.45. The number of aliphatic imine (C=N–C) groups is 1. The molecule has 0 aliphatic heterocycles. The highest BCUT2D eigenvalue weighted by Gasteiger charge is 2.06. The summed E-state index contributed by atoms with van der Waals surface area (Å²) in [7, 11) is 1.65. The Morgan fingerprint density at radius 2 is 1.88 bits per heavy atom. The Kier molecular flexibility index (Phi) is 11.4. The molecule has 0 saturated heterocycles. The lowest BCUT2D eigenvalue weighted by molar-refractivity contribution is 0.143. The number of nitrogens with one attached hydrogen (secondary N) is 2. The van der Waals surface area contributed by atoms with Gasteiger partial charge in [-0.2, -0.15) is 0 Å². The number of halogens is 1. The van der Waals surface area contributed by atoms with Crippen LogP contribution in [0.1, 0.15) is 18.1 Å². The quantitative estimate of drug-likeness (QED) is 0.255. The van der Waals surface area contributed by atoms with Gasteiger partial charge < -0.3 is 20.1 Å². The summed E-state index contributed by atoms with van der Waals surface area (Å²) in [6, 6.07) is 14.1. The SMILES string of the molecule is CCNC(=NCc1ccccc1)NCc1cccnc1OCCOC.I. The van der Waals surface area contributed by atoms with Crippen LogP contribution in [0.25, 0.3) is 0 Å². The van der Waals surface area contributed by atoms with E-state index in [0.717, 1.165) is 18.1 Å². The molecule has 1 aromatic heterocycles. The lowest BCUT2D eigenvalue weighted by atomic mass is 10.2. The van der Waals surface area contributed by atoms with Gasteiger partial charge in [-0.25, -0.2) is 9.98 Å². The average molecular weight is 470 g/mol. The Hall–Kier alpha value is -1.87. The first kappa shape index (κ1) is 22.2. The monoisotopic (exact) mass is 470 g/mol. The molecule has 6 nitrogen and oxygen atoms in total. The maximum Gasteiger partial charge on any atom is 0.218 e. The molecule has 0 amide bonds. The van der Waals surface area contributed by atoms with E-state index in [1.165, 1.54) is 5.56 Å². The minimum atomic E-state index is 0. The number of rotatable bonds is 9. The molecule has 2 N–H and O–H groups in total. The van der Waals surface area contributed by atoms with E-state index in [0.29, 0.717) is 32.2 Å². The standard InChI is InChI=1S/C19H26N4O2.HI/c1-3-20-19(22-14-16-8-5-4-6-9-16)23-15-17-10-7-11-21-18(17)25-13-12-24-2;/h4-11H,3,12-15H2,1-2H3,(H2,20,22,23);1H. The molecule has 2 aromatic rings. The molecule has 0 atom stereocenters. The van der Waals surface area contributed by atoms with Crippen LogP contribution in [0.15, 0.2) is 53.7 Å². The molecule has 1 heterocycles. The average Bonchev–Trinajstić information content (AvgIpc) is 2.66. The van der Waals surface area contributed by atoms with Crippen LogP contribution < -0.4 is 15.4 Å². The molecule has 0 unspecified atom stereocenters. The first-order valence-electron chi connectivity index (χ1n) is 8.45. The summed E-state index contributed by atoms with van der Waals surface area (Å²) in [6.45, 7) is 5.05. The van der Waals surface area contributed by atoms with Gasteiger partial charge in [-0.1, -0.05) is 36.4 Å². The smallest absolute Gasteiger partial charge is 0.218 e. The highest BCUT2D eigenvalue weighted by atomic mass is 127. The number of guanidine groups is 1. The lowest BCUT2D eigenvalue weighted by Crippen LogP contribution is -2.36. The number of benzene rings is 1. The van der Waals surface area contributed by atoms with Gasteiger partial charge in [0.05, 0.1) is 13.2 Å². The number of nitrogens with zero attached hydrogens (tertiary/aromatic N) is 2. The second kappa shape index (κ2) is 13.3. The molecule has 0 fully saturated rings. The number of pyridine rings is 1. The van der Waals surface area contributed by atoms with Crippen LogP contribution >= 0.6 is 24.0 Å². The predicted octanol–water partition coefficient (Wildman–Crippen LogP) is 2.98. The highest BCUT2D eigenvalue weighted by Crippen LogP contribution is 2.13. The number of methoxy groups -OCH3 is 1. The van der Waals surface area contributed by atoms with E-state index in [-0.39, 0.29) is 24.0 Å². The Morgan fingerprint density at radius 3 is 2.62 bits per heavy atom. The van der Waals surface area contributed by atoms with E-state index in [4.69, 9.17) is 9.47 Å². The van der Waals surface area contributed by atoms with Crippen molar-refractivity contribution in [3.05, 3.63) is 59.8 Å². The summed E-state index contributed by atoms with van der Waals surface area (Å²) in [5.74, 6) is 1.38. The van der Waals surface area contributed by atoms with Gasteiger partial charge in [-0.3, -0.25) is 0 Å². The zero-order chi connectivity index (χ0) is 17.7. The zero-order valence-corrected chi connectivity index (χ0v) is 17.6. The maximum atomic E-state index is 5.66. The largest absolute Gasteiger partial charge is 0.475 e. The van der Waals surface area contributed by atoms with E-state index < -0.39 is 0 Å². The summed E-state index contributed by atoms with van der Waals surface area (Å²) < 4.78 is 10.7. The van der Waals surface area contributed by atoms with Gasteiger partial charge in [-0.15, -0.1) is 24.0 Å². The van der Waals surface area contributed by atoms with Crippen LogP contribution in [0.5, 0.6) is 5.88 Å². The fourth-order valence-corrected chi connectivity index (χ4v) is 2.18. The summed E-state index contributed by atoms with van der Waals surface area (Å²) >= 11 is 0. The maximum absolute atomic E-state index is 5.66. The van der Waals surface area contributed by atoms with Gasteiger partial charge in [0.2, 0.25) is 5.88 Å². The van der Waals surface area contributed by atoms with Crippen molar-refractivity contribution in [2.24, 2.45) is 4.99 Å². The number of hydrogen-bond acceptors (Lipinski definition) is 4. The van der Waals surface area contributed by atoms with E-state index >= 15 is 0 Å². The Labute approximate surface area is 172 Å². The number of hydrogen-bond donors (Lipinski definition) is 2. The van der Waals surface area contributed by atoms with Crippen LogP contribution in [0.3, 0.4) is 0 Å². The molecule has 1 aromatic carbocycles. The molecule has 2 rings (SSSR count). The third-order valence-electron chi connectivity index (χ3n) is 3.43. The molecule has 0 aliphatic rings. The Balaban J connectivity index is 0.00000338. The molecule has 0 bridgehead atoms. The van der Waals surface area contributed by atoms with Crippen LogP contribution in [-0.4, -0.2) is 37.8 Å². The Morgan fingerprint density at radius 1 is 1.08 bits per heavy atom. The third kappa shape index (κ3) is 8.01. The van der Waals surface area contributed by atoms with Crippen molar-refractivity contribution >= 4 is 29.9 Å². The van der Waals surface area contributed by atoms with Gasteiger partial charge in [0.15, 0.2) is 5.96 Å². The molecular formula is C19H27IN4O2. The summed E-state index contributed by atoms with van der Waals surface area (Å²) in [5.41, 5.74) is 2.15. The highest BCUT2D eigenvalue weighted by molar-refractivity contribution is 14.0. The molecule has 0 aliphatic carbocycles. The zero-order valence-electron chi connectivity index (χ0n) is 15.3. The van der Waals surface area contributed by atoms with Crippen molar-refractivity contribution in [2.45, 2.75) is 20.0 Å². The normalized spacial score (nSPS) is 10.8. The number of aromatic nitrogens is 1. The van der Waals surface area contributed by atoms with Crippen LogP contribution in [-0.2, 0) is 17.8 Å². The van der Waals surface area contributed by atoms with Crippen molar-refractivity contribution < 1.29 is 9.47 Å². The van der Waals surface area contributed by atoms with Gasteiger partial charge in [-0.05, 0) is 18.6 Å². The topological polar surface area (TPSA) is 67.8 Å². The van der Waals surface area contributed by atoms with Crippen molar-refractivity contribution in [2.75, 3.05) is 26.9 Å². The Bertz CT molecular complexity index is 653. The van der Waals surface area contributed by atoms with E-state index in [9.17, 15) is 0 Å². The first-order chi connectivity index (χ1) is 12.3. The summed E-state index contributed by atoms with van der Waals surface area (Å²) in [5, 5.41) is 6.58. The molecule has 0 saturated carbocycles. The third-order valence-corrected chi connectivity index (χ3v) is 3.43. The second-order valence-electron chi connectivity index (χ2n) is 5.34. The minimum absolute atomic E-state index is 0. The molecule has 0 radical (unpaired) electrons. The lowest BCUT2D eigenvalue weighted by Gasteiger charge is -2.13. The van der Waals surface area contributed by atoms with Gasteiger partial charge in [0, 0.05) is 32.0 Å². The fourth-order valence-electron chi connectivity index (χ4n) is 2.18. The molecule has 7 heteroatoms. The van der Waals surface area contributed by atoms with Gasteiger partial charge in [0.1, 0.15) is 6.61 Å². The number of ether oxygens (including phenoxy) is 2. The van der Waals surface area contributed by atoms with Gasteiger partial charge >= 0.3 is 0 Å². The van der Waals surface area contributed by atoms with E-state index in [2.05, 4.69) is 32.7 Å². The fraction of sp³-hybridized carbons (Fsp3) is 0.368. The molecular weight excluding hydrogens is 443 g/mol. The van der Waals surface area contributed by atoms with Crippen molar-refractivity contribution in [1.82, 2.24) is 15.6 Å². The van der Waals surface area contributed by atoms with E-state index in [1.807, 2.05) is 37.3 Å². The van der Waals surface area contributed by atoms with Crippen LogP contribution in [0.2, 0.25) is 0 Å². The molecule has 142 valence electrons. The second-order valence-corrected chi connectivity index (χ2v) is 5.34. The van der Waals surface area contributed by atoms with Crippen molar-refractivity contribution in [3.63, 3.8) is 0 Å². The molecule has 0 spiro atoms. The van der Waals surface area contributed by atoms with Crippen LogP contribution in [0, 0.1) is 0 Å². The van der Waals surface area contributed by atoms with Crippen molar-refractivity contribution in [3.8, 4) is 5.88 Å². The van der Waals surface area contributed by atoms with E-state index in [1.54, 1.807) is 13.3 Å². The minimum Gasteiger partial charge on any atom is -0.475 e. The van der Waals surface area contributed by atoms with Gasteiger partial charge in [0.25, 0.3) is 0 Å². The summed E-state index contributed by atoms with van der Waals surface area (Å²) in [4.78, 5) is 8.91. The van der Waals surface area contributed by atoms with Crippen LogP contribution in [0.4, 0.5) is 0 Å².